The van der Waals surface area contributed by atoms with Crippen LogP contribution in [0.1, 0.15) is 48.6 Å². The van der Waals surface area contributed by atoms with E-state index in [1.165, 1.54) is 0 Å². The van der Waals surface area contributed by atoms with Crippen molar-refractivity contribution < 1.29 is 0 Å². The van der Waals surface area contributed by atoms with Crippen LogP contribution in [0.15, 0.2) is 36.4 Å². The van der Waals surface area contributed by atoms with Gasteiger partial charge in [-0.2, -0.15) is 0 Å². The fourth-order valence-corrected chi connectivity index (χ4v) is 4.53. The maximum Gasteiger partial charge on any atom is 0.0456 e. The van der Waals surface area contributed by atoms with Crippen LogP contribution >= 0.6 is 46.4 Å². The fourth-order valence-electron chi connectivity index (χ4n) is 3.43. The van der Waals surface area contributed by atoms with Crippen LogP contribution in [0.2, 0.25) is 20.1 Å². The van der Waals surface area contributed by atoms with Gasteiger partial charge < -0.3 is 11.5 Å². The third-order valence-corrected chi connectivity index (χ3v) is 6.50. The van der Waals surface area contributed by atoms with Crippen LogP contribution in [0.3, 0.4) is 0 Å². The molecular formula is C20H22Cl4N2. The largest absolute Gasteiger partial charge is 0.327 e. The predicted octanol–water partition coefficient (Wildman–Crippen LogP) is 6.40. The molecule has 0 spiro atoms. The minimum Gasteiger partial charge on any atom is -0.327 e. The Morgan fingerprint density at radius 1 is 0.615 bits per heavy atom. The van der Waals surface area contributed by atoms with Crippen molar-refractivity contribution in [2.45, 2.75) is 49.6 Å². The molecule has 2 aromatic rings. The van der Waals surface area contributed by atoms with Crippen LogP contribution in [0.25, 0.3) is 0 Å². The van der Waals surface area contributed by atoms with E-state index in [9.17, 15) is 0 Å². The van der Waals surface area contributed by atoms with E-state index >= 15 is 0 Å². The maximum atomic E-state index is 6.06. The molecule has 2 saturated carbocycles. The number of halogens is 4. The highest BCUT2D eigenvalue weighted by atomic mass is 35.5. The SMILES string of the molecule is N[C@@H]1CC[C@@H]1c1ccc(Cl)cc1Cl.N[C@H]1CC[C@H]1c1ccc(Cl)cc1Cl. The minimum atomic E-state index is 0.277. The summed E-state index contributed by atoms with van der Waals surface area (Å²) < 4.78 is 0. The lowest BCUT2D eigenvalue weighted by molar-refractivity contribution is 0.347. The van der Waals surface area contributed by atoms with E-state index in [-0.39, 0.29) is 12.1 Å². The van der Waals surface area contributed by atoms with Gasteiger partial charge in [0.15, 0.2) is 0 Å². The summed E-state index contributed by atoms with van der Waals surface area (Å²) in [6.07, 6.45) is 4.48. The van der Waals surface area contributed by atoms with Crippen LogP contribution < -0.4 is 11.5 Å². The topological polar surface area (TPSA) is 52.0 Å². The van der Waals surface area contributed by atoms with E-state index in [0.29, 0.717) is 21.9 Å². The molecule has 6 heteroatoms. The van der Waals surface area contributed by atoms with Crippen molar-refractivity contribution in [2.75, 3.05) is 0 Å². The Labute approximate surface area is 174 Å². The van der Waals surface area contributed by atoms with Crippen LogP contribution in [0.4, 0.5) is 0 Å². The van der Waals surface area contributed by atoms with Crippen molar-refractivity contribution in [3.8, 4) is 0 Å². The Bertz CT molecular complexity index is 715. The first-order valence-corrected chi connectivity index (χ1v) is 10.3. The Morgan fingerprint density at radius 3 is 1.23 bits per heavy atom. The van der Waals surface area contributed by atoms with Crippen molar-refractivity contribution in [2.24, 2.45) is 11.5 Å². The molecule has 0 radical (unpaired) electrons. The summed E-state index contributed by atoms with van der Waals surface area (Å²) in [6, 6.07) is 11.8. The van der Waals surface area contributed by atoms with Gasteiger partial charge in [0, 0.05) is 44.0 Å². The smallest absolute Gasteiger partial charge is 0.0456 e. The Balaban J connectivity index is 0.000000151. The summed E-state index contributed by atoms with van der Waals surface area (Å²) >= 11 is 23.7. The first-order valence-electron chi connectivity index (χ1n) is 8.78. The molecule has 0 aliphatic heterocycles. The lowest BCUT2D eigenvalue weighted by Gasteiger charge is -2.34. The Kier molecular flexibility index (Phi) is 6.77. The van der Waals surface area contributed by atoms with E-state index in [1.807, 2.05) is 24.3 Å². The standard InChI is InChI=1S/2C10H11Cl2N/c2*11-6-1-2-7(9(12)5-6)8-3-4-10(8)13/h2*1-2,5,8,10H,3-4,13H2/t2*8-,10-/m10/s1. The second-order valence-electron chi connectivity index (χ2n) is 7.03. The highest BCUT2D eigenvalue weighted by Gasteiger charge is 2.30. The molecule has 2 fully saturated rings. The molecule has 4 rings (SSSR count). The molecule has 0 saturated heterocycles. The number of nitrogens with two attached hydrogens (primary N) is 2. The molecule has 2 aliphatic rings. The van der Waals surface area contributed by atoms with Crippen molar-refractivity contribution in [3.63, 3.8) is 0 Å². The molecule has 2 aliphatic carbocycles. The molecule has 2 aromatic carbocycles. The summed E-state index contributed by atoms with van der Waals surface area (Å²) in [5.74, 6) is 0.870. The average Bonchev–Trinajstić information content (AvgIpc) is 2.57. The van der Waals surface area contributed by atoms with E-state index in [2.05, 4.69) is 0 Å². The first kappa shape index (κ1) is 20.3. The van der Waals surface area contributed by atoms with Crippen LogP contribution in [-0.2, 0) is 0 Å². The molecule has 0 aromatic heterocycles. The summed E-state index contributed by atoms with van der Waals surface area (Å²) in [6.45, 7) is 0. The van der Waals surface area contributed by atoms with Gasteiger partial charge in [0.25, 0.3) is 0 Å². The van der Waals surface area contributed by atoms with Crippen molar-refractivity contribution in [1.29, 1.82) is 0 Å². The maximum absolute atomic E-state index is 6.06. The van der Waals surface area contributed by atoms with Gasteiger partial charge in [-0.05, 0) is 61.1 Å². The zero-order valence-corrected chi connectivity index (χ0v) is 17.3. The molecule has 0 heterocycles. The molecule has 0 unspecified atom stereocenters. The minimum absolute atomic E-state index is 0.277. The second-order valence-corrected chi connectivity index (χ2v) is 8.71. The number of rotatable bonds is 2. The molecule has 140 valence electrons. The van der Waals surface area contributed by atoms with Gasteiger partial charge in [-0.25, -0.2) is 0 Å². The van der Waals surface area contributed by atoms with E-state index in [4.69, 9.17) is 57.9 Å². The van der Waals surface area contributed by atoms with E-state index in [0.717, 1.165) is 46.9 Å². The van der Waals surface area contributed by atoms with Gasteiger partial charge in [-0.3, -0.25) is 0 Å². The van der Waals surface area contributed by atoms with E-state index in [1.54, 1.807) is 12.1 Å². The highest BCUT2D eigenvalue weighted by molar-refractivity contribution is 6.35. The van der Waals surface area contributed by atoms with Gasteiger partial charge in [0.1, 0.15) is 0 Å². The van der Waals surface area contributed by atoms with Gasteiger partial charge in [-0.15, -0.1) is 0 Å². The van der Waals surface area contributed by atoms with Crippen LogP contribution in [0.5, 0.6) is 0 Å². The first-order chi connectivity index (χ1) is 12.4. The Morgan fingerprint density at radius 2 is 1.00 bits per heavy atom. The lowest BCUT2D eigenvalue weighted by Crippen LogP contribution is -2.37. The number of benzene rings is 2. The quantitative estimate of drug-likeness (QED) is 0.578. The summed E-state index contributed by atoms with van der Waals surface area (Å²) in [4.78, 5) is 0. The zero-order valence-electron chi connectivity index (χ0n) is 14.3. The van der Waals surface area contributed by atoms with Crippen molar-refractivity contribution in [3.05, 3.63) is 67.6 Å². The summed E-state index contributed by atoms with van der Waals surface area (Å²) in [5, 5.41) is 2.85. The van der Waals surface area contributed by atoms with Gasteiger partial charge in [0.2, 0.25) is 0 Å². The second kappa shape index (κ2) is 8.68. The normalized spacial score (nSPS) is 27.0. The molecule has 0 bridgehead atoms. The summed E-state index contributed by atoms with van der Waals surface area (Å²) in [7, 11) is 0. The average molecular weight is 432 g/mol. The Hall–Kier alpha value is -0.480. The van der Waals surface area contributed by atoms with Crippen molar-refractivity contribution in [1.82, 2.24) is 0 Å². The number of hydrogen-bond donors (Lipinski definition) is 2. The van der Waals surface area contributed by atoms with Crippen LogP contribution in [-0.4, -0.2) is 12.1 Å². The molecular weight excluding hydrogens is 410 g/mol. The van der Waals surface area contributed by atoms with Crippen molar-refractivity contribution >= 4 is 46.4 Å². The highest BCUT2D eigenvalue weighted by Crippen LogP contribution is 2.40. The molecule has 4 N–H and O–H groups in total. The monoisotopic (exact) mass is 430 g/mol. The fraction of sp³-hybridized carbons (Fsp3) is 0.400. The summed E-state index contributed by atoms with van der Waals surface area (Å²) in [5.41, 5.74) is 14.0. The van der Waals surface area contributed by atoms with E-state index < -0.39 is 0 Å². The lowest BCUT2D eigenvalue weighted by atomic mass is 9.76. The van der Waals surface area contributed by atoms with Gasteiger partial charge >= 0.3 is 0 Å². The third kappa shape index (κ3) is 4.49. The molecule has 2 nitrogen and oxygen atoms in total. The van der Waals surface area contributed by atoms with Crippen LogP contribution in [0, 0.1) is 0 Å². The third-order valence-electron chi connectivity index (χ3n) is 5.38. The predicted molar refractivity (Wildman–Crippen MR) is 113 cm³/mol. The molecule has 4 atom stereocenters. The zero-order chi connectivity index (χ0) is 18.8. The number of hydrogen-bond acceptors (Lipinski definition) is 2. The van der Waals surface area contributed by atoms with Gasteiger partial charge in [-0.1, -0.05) is 58.5 Å². The molecule has 0 amide bonds. The van der Waals surface area contributed by atoms with Gasteiger partial charge in [0.05, 0.1) is 0 Å². The molecule has 26 heavy (non-hydrogen) atoms.